The maximum Gasteiger partial charge on any atom is 0.159 e. The second-order valence-corrected chi connectivity index (χ2v) is 13.6. The van der Waals surface area contributed by atoms with Crippen LogP contribution >= 0.6 is 0 Å². The molecule has 3 heterocycles. The molecule has 4 heteroatoms. The van der Waals surface area contributed by atoms with Gasteiger partial charge < -0.3 is 13.4 Å². The lowest BCUT2D eigenvalue weighted by Crippen LogP contribution is -1.94. The normalized spacial score (nSPS) is 11.8. The summed E-state index contributed by atoms with van der Waals surface area (Å²) in [6, 6.07) is 61.6. The van der Waals surface area contributed by atoms with Gasteiger partial charge in [-0.1, -0.05) is 115 Å². The Balaban J connectivity index is 1.15. The molecule has 11 aromatic rings. The quantitative estimate of drug-likeness (QED) is 0.186. The van der Waals surface area contributed by atoms with Gasteiger partial charge in [0.2, 0.25) is 0 Å². The van der Waals surface area contributed by atoms with Gasteiger partial charge in [-0.25, -0.2) is 0 Å². The summed E-state index contributed by atoms with van der Waals surface area (Å²) in [5.41, 5.74) is 13.1. The fourth-order valence-corrected chi connectivity index (χ4v) is 8.12. The molecule has 11 rings (SSSR count). The van der Waals surface area contributed by atoms with Crippen LogP contribution in [-0.4, -0.2) is 4.57 Å². The summed E-state index contributed by atoms with van der Waals surface area (Å²) in [6.07, 6.45) is 0. The van der Waals surface area contributed by atoms with E-state index in [-0.39, 0.29) is 0 Å². The third-order valence-electron chi connectivity index (χ3n) is 10.6. The minimum atomic E-state index is 0.491. The van der Waals surface area contributed by atoms with Gasteiger partial charge in [0.15, 0.2) is 11.2 Å². The fourth-order valence-electron chi connectivity index (χ4n) is 8.12. The van der Waals surface area contributed by atoms with Crippen LogP contribution in [0.15, 0.2) is 179 Å². The zero-order chi connectivity index (χ0) is 35.0. The third kappa shape index (κ3) is 4.48. The smallest absolute Gasteiger partial charge is 0.159 e. The number of nitriles is 1. The molecule has 8 aromatic carbocycles. The first-order valence-corrected chi connectivity index (χ1v) is 17.7. The molecule has 246 valence electrons. The molecule has 0 atom stereocenters. The van der Waals surface area contributed by atoms with Gasteiger partial charge in [-0.05, 0) is 88.0 Å². The van der Waals surface area contributed by atoms with Gasteiger partial charge in [0.25, 0.3) is 0 Å². The van der Waals surface area contributed by atoms with Crippen LogP contribution in [0.25, 0.3) is 105 Å². The highest BCUT2D eigenvalue weighted by Gasteiger charge is 2.21. The van der Waals surface area contributed by atoms with Crippen molar-refractivity contribution in [2.24, 2.45) is 0 Å². The Morgan fingerprint density at radius 2 is 1.02 bits per heavy atom. The van der Waals surface area contributed by atoms with E-state index in [1.165, 1.54) is 11.1 Å². The topological polar surface area (TPSA) is 55.0 Å². The summed E-state index contributed by atoms with van der Waals surface area (Å²) in [7, 11) is 0. The molecule has 0 bridgehead atoms. The summed E-state index contributed by atoms with van der Waals surface area (Å²) >= 11 is 0. The van der Waals surface area contributed by atoms with Crippen LogP contribution < -0.4 is 0 Å². The van der Waals surface area contributed by atoms with Crippen molar-refractivity contribution < 1.29 is 8.83 Å². The lowest BCUT2D eigenvalue weighted by Gasteiger charge is -2.10. The van der Waals surface area contributed by atoms with Gasteiger partial charge in [-0.15, -0.1) is 0 Å². The van der Waals surface area contributed by atoms with E-state index in [0.717, 1.165) is 88.0 Å². The van der Waals surface area contributed by atoms with E-state index in [1.807, 2.05) is 36.4 Å². The van der Waals surface area contributed by atoms with Crippen LogP contribution in [0.5, 0.6) is 0 Å². The largest absolute Gasteiger partial charge is 0.456 e. The monoisotopic (exact) mass is 676 g/mol. The van der Waals surface area contributed by atoms with Crippen LogP contribution in [0.4, 0.5) is 0 Å². The van der Waals surface area contributed by atoms with Crippen molar-refractivity contribution in [3.8, 4) is 45.1 Å². The van der Waals surface area contributed by atoms with E-state index in [9.17, 15) is 5.26 Å². The molecular weight excluding hydrogens is 649 g/mol. The maximum absolute atomic E-state index is 10.5. The summed E-state index contributed by atoms with van der Waals surface area (Å²) in [6.45, 7) is 0. The molecule has 0 N–H and O–H groups in total. The molecule has 0 fully saturated rings. The van der Waals surface area contributed by atoms with Crippen molar-refractivity contribution in [1.82, 2.24) is 4.57 Å². The molecule has 0 unspecified atom stereocenters. The molecule has 0 aliphatic rings. The van der Waals surface area contributed by atoms with Gasteiger partial charge in [-0.3, -0.25) is 0 Å². The number of furan rings is 2. The number of rotatable bonds is 4. The highest BCUT2D eigenvalue weighted by atomic mass is 16.3. The number of hydrogen-bond donors (Lipinski definition) is 0. The number of fused-ring (bicyclic) bond motifs is 9. The van der Waals surface area contributed by atoms with Crippen molar-refractivity contribution in [2.75, 3.05) is 0 Å². The molecule has 0 saturated heterocycles. The fraction of sp³-hybridized carbons (Fsp3) is 0. The number of nitrogens with zero attached hydrogens (tertiary/aromatic N) is 2. The molecular formula is C49H28N2O2. The summed E-state index contributed by atoms with van der Waals surface area (Å²) in [5, 5.41) is 16.8. The minimum Gasteiger partial charge on any atom is -0.456 e. The number of aromatic nitrogens is 1. The second kappa shape index (κ2) is 11.3. The molecule has 0 saturated carbocycles. The summed E-state index contributed by atoms with van der Waals surface area (Å²) in [4.78, 5) is 0. The first kappa shape index (κ1) is 29.4. The van der Waals surface area contributed by atoms with Crippen LogP contribution in [0.2, 0.25) is 0 Å². The van der Waals surface area contributed by atoms with Crippen LogP contribution in [0.3, 0.4) is 0 Å². The van der Waals surface area contributed by atoms with E-state index in [1.54, 1.807) is 0 Å². The Kier molecular flexibility index (Phi) is 6.28. The number of hydrogen-bond acceptors (Lipinski definition) is 3. The average Bonchev–Trinajstić information content (AvgIpc) is 3.90. The van der Waals surface area contributed by atoms with Crippen molar-refractivity contribution in [3.63, 3.8) is 0 Å². The lowest BCUT2D eigenvalue weighted by molar-refractivity contribution is 0.665. The van der Waals surface area contributed by atoms with Gasteiger partial charge in [0.1, 0.15) is 17.2 Å². The van der Waals surface area contributed by atoms with E-state index in [2.05, 4.69) is 144 Å². The molecule has 3 aromatic heterocycles. The molecule has 53 heavy (non-hydrogen) atoms. The predicted molar refractivity (Wildman–Crippen MR) is 216 cm³/mol. The van der Waals surface area contributed by atoms with Crippen LogP contribution in [0, 0.1) is 11.3 Å². The zero-order valence-corrected chi connectivity index (χ0v) is 28.4. The number of benzene rings is 8. The first-order valence-electron chi connectivity index (χ1n) is 17.7. The van der Waals surface area contributed by atoms with Gasteiger partial charge in [0.05, 0.1) is 22.3 Å². The Labute approximate surface area is 304 Å². The maximum atomic E-state index is 10.5. The van der Waals surface area contributed by atoms with Gasteiger partial charge >= 0.3 is 0 Å². The lowest BCUT2D eigenvalue weighted by atomic mass is 9.98. The Hall–Kier alpha value is -7.35. The Bertz CT molecular complexity index is 3280. The molecule has 0 radical (unpaired) electrons. The standard InChI is InChI=1S/C49H28N2O2/c50-29-36-24-35(34-19-22-39-38-14-7-8-17-46(38)52-47(39)28-34)26-42-40-15-9-16-44(49(40)53-48(36)42)51-43-23-20-32(30-10-3-1-4-11-30)25-41(43)37-21-18-33(27-45(37)51)31-12-5-2-6-13-31/h1-28H. The third-order valence-corrected chi connectivity index (χ3v) is 10.6. The summed E-state index contributed by atoms with van der Waals surface area (Å²) < 4.78 is 15.3. The van der Waals surface area contributed by atoms with Crippen molar-refractivity contribution in [3.05, 3.63) is 175 Å². The molecule has 0 aliphatic carbocycles. The van der Waals surface area contributed by atoms with E-state index in [0.29, 0.717) is 11.1 Å². The van der Waals surface area contributed by atoms with E-state index in [4.69, 9.17) is 8.83 Å². The summed E-state index contributed by atoms with van der Waals surface area (Å²) in [5.74, 6) is 0. The van der Waals surface area contributed by atoms with Crippen LogP contribution in [0.1, 0.15) is 5.56 Å². The SMILES string of the molecule is N#Cc1cc(-c2ccc3c(c2)oc2ccccc23)cc2c1oc1c(-n3c4ccc(-c5ccccc5)cc4c4ccc(-c5ccccc5)cc43)cccc12. The van der Waals surface area contributed by atoms with Gasteiger partial charge in [0, 0.05) is 32.3 Å². The second-order valence-electron chi connectivity index (χ2n) is 13.6. The molecule has 0 spiro atoms. The highest BCUT2D eigenvalue weighted by molar-refractivity contribution is 6.15. The molecule has 0 amide bonds. The van der Waals surface area contributed by atoms with E-state index >= 15 is 0 Å². The number of para-hydroxylation sites is 2. The molecule has 4 nitrogen and oxygen atoms in total. The van der Waals surface area contributed by atoms with Crippen LogP contribution in [-0.2, 0) is 0 Å². The Morgan fingerprint density at radius 3 is 1.81 bits per heavy atom. The average molecular weight is 677 g/mol. The minimum absolute atomic E-state index is 0.491. The predicted octanol–water partition coefficient (Wildman–Crippen LogP) is 13.5. The van der Waals surface area contributed by atoms with Crippen molar-refractivity contribution in [2.45, 2.75) is 0 Å². The Morgan fingerprint density at radius 1 is 0.377 bits per heavy atom. The van der Waals surface area contributed by atoms with Gasteiger partial charge in [-0.2, -0.15) is 5.26 Å². The van der Waals surface area contributed by atoms with Crippen molar-refractivity contribution >= 4 is 65.7 Å². The van der Waals surface area contributed by atoms with Crippen molar-refractivity contribution in [1.29, 1.82) is 5.26 Å². The van der Waals surface area contributed by atoms with E-state index < -0.39 is 0 Å². The zero-order valence-electron chi connectivity index (χ0n) is 28.4. The first-order chi connectivity index (χ1) is 26.2. The molecule has 0 aliphatic heterocycles. The highest BCUT2D eigenvalue weighted by Crippen LogP contribution is 2.42.